The van der Waals surface area contributed by atoms with Gasteiger partial charge in [0.05, 0.1) is 28.9 Å². The summed E-state index contributed by atoms with van der Waals surface area (Å²) in [7, 11) is 1.54. The van der Waals surface area contributed by atoms with Gasteiger partial charge in [0.1, 0.15) is 5.75 Å². The Morgan fingerprint density at radius 1 is 1.00 bits per heavy atom. The molecule has 0 atom stereocenters. The molecule has 0 aliphatic heterocycles. The lowest BCUT2D eigenvalue weighted by Crippen LogP contribution is -2.18. The highest BCUT2D eigenvalue weighted by Gasteiger charge is 2.14. The van der Waals surface area contributed by atoms with Gasteiger partial charge in [-0.05, 0) is 61.0 Å². The molecule has 1 amide bonds. The number of nitrogens with one attached hydrogen (secondary N) is 1. The molecule has 0 saturated heterocycles. The van der Waals surface area contributed by atoms with Gasteiger partial charge in [0.15, 0.2) is 0 Å². The zero-order valence-corrected chi connectivity index (χ0v) is 19.3. The van der Waals surface area contributed by atoms with Gasteiger partial charge >= 0.3 is 0 Å². The van der Waals surface area contributed by atoms with Gasteiger partial charge in [-0.15, -0.1) is 0 Å². The van der Waals surface area contributed by atoms with Crippen LogP contribution in [0.2, 0.25) is 10.0 Å². The van der Waals surface area contributed by atoms with Crippen molar-refractivity contribution >= 4 is 46.1 Å². The maximum Gasteiger partial charge on any atom is 0.275 e. The predicted molar refractivity (Wildman–Crippen MR) is 131 cm³/mol. The Bertz CT molecular complexity index is 1360. The fourth-order valence-electron chi connectivity index (χ4n) is 3.73. The number of benzene rings is 3. The maximum absolute atomic E-state index is 12.8. The van der Waals surface area contributed by atoms with Crippen molar-refractivity contribution in [1.82, 2.24) is 9.99 Å². The van der Waals surface area contributed by atoms with Gasteiger partial charge in [-0.2, -0.15) is 5.10 Å². The molecule has 1 N–H and O–H groups in total. The number of methoxy groups -OCH3 is 1. The van der Waals surface area contributed by atoms with E-state index < -0.39 is 0 Å². The molecular weight excluding hydrogens is 445 g/mol. The topological polar surface area (TPSA) is 55.6 Å². The van der Waals surface area contributed by atoms with Crippen molar-refractivity contribution in [3.63, 3.8) is 0 Å². The van der Waals surface area contributed by atoms with Crippen LogP contribution < -0.4 is 10.2 Å². The molecule has 5 nitrogen and oxygen atoms in total. The molecule has 7 heteroatoms. The summed E-state index contributed by atoms with van der Waals surface area (Å²) in [5.41, 5.74) is 6.76. The number of aromatic nitrogens is 1. The minimum absolute atomic E-state index is 0.345. The van der Waals surface area contributed by atoms with Crippen molar-refractivity contribution in [2.24, 2.45) is 5.10 Å². The molecule has 4 aromatic rings. The average Bonchev–Trinajstić information content (AvgIpc) is 3.07. The van der Waals surface area contributed by atoms with Crippen LogP contribution in [0.25, 0.3) is 16.5 Å². The number of hydrazone groups is 1. The van der Waals surface area contributed by atoms with Crippen molar-refractivity contribution in [2.45, 2.75) is 13.8 Å². The second-order valence-corrected chi connectivity index (χ2v) is 8.17. The molecule has 3 aromatic carbocycles. The van der Waals surface area contributed by atoms with Gasteiger partial charge in [0, 0.05) is 22.6 Å². The molecule has 0 fully saturated rings. The first-order valence-corrected chi connectivity index (χ1v) is 10.7. The van der Waals surface area contributed by atoms with Gasteiger partial charge in [0.25, 0.3) is 5.91 Å². The Hall–Kier alpha value is -3.28. The normalized spacial score (nSPS) is 11.3. The van der Waals surface area contributed by atoms with E-state index >= 15 is 0 Å². The summed E-state index contributed by atoms with van der Waals surface area (Å²) >= 11 is 12.2. The second-order valence-electron chi connectivity index (χ2n) is 7.36. The number of amides is 1. The van der Waals surface area contributed by atoms with E-state index in [-0.39, 0.29) is 5.91 Å². The van der Waals surface area contributed by atoms with Crippen LogP contribution in [0.5, 0.6) is 5.75 Å². The molecule has 0 unspecified atom stereocenters. The van der Waals surface area contributed by atoms with Crippen LogP contribution in [-0.4, -0.2) is 23.8 Å². The lowest BCUT2D eigenvalue weighted by atomic mass is 10.1. The fourth-order valence-corrected chi connectivity index (χ4v) is 4.02. The summed E-state index contributed by atoms with van der Waals surface area (Å²) in [6.07, 6.45) is 1.63. The van der Waals surface area contributed by atoms with Gasteiger partial charge in [-0.1, -0.05) is 47.5 Å². The number of ether oxygens (including phenoxy) is 1. The average molecular weight is 466 g/mol. The number of carbonyl (C=O) groups excluding carboxylic acids is 1. The van der Waals surface area contributed by atoms with Crippen LogP contribution in [0.15, 0.2) is 65.8 Å². The lowest BCUT2D eigenvalue weighted by molar-refractivity contribution is 0.0952. The summed E-state index contributed by atoms with van der Waals surface area (Å²) in [4.78, 5) is 12.8. The van der Waals surface area contributed by atoms with Crippen LogP contribution in [0.4, 0.5) is 0 Å². The molecule has 0 saturated carbocycles. The van der Waals surface area contributed by atoms with Crippen molar-refractivity contribution in [3.05, 3.63) is 93.2 Å². The van der Waals surface area contributed by atoms with Crippen molar-refractivity contribution in [1.29, 1.82) is 0 Å². The molecule has 162 valence electrons. The summed E-state index contributed by atoms with van der Waals surface area (Å²) in [6.45, 7) is 3.97. The van der Waals surface area contributed by atoms with Crippen LogP contribution in [-0.2, 0) is 0 Å². The van der Waals surface area contributed by atoms with E-state index in [1.165, 1.54) is 0 Å². The van der Waals surface area contributed by atoms with Gasteiger partial charge < -0.3 is 9.30 Å². The largest absolute Gasteiger partial charge is 0.496 e. The van der Waals surface area contributed by atoms with Crippen molar-refractivity contribution in [3.8, 4) is 11.4 Å². The Labute approximate surface area is 196 Å². The Morgan fingerprint density at radius 3 is 2.41 bits per heavy atom. The first-order chi connectivity index (χ1) is 15.4. The number of nitrogens with zero attached hydrogens (tertiary/aromatic N) is 2. The first-order valence-electron chi connectivity index (χ1n) is 9.93. The standard InChI is InChI=1S/C25H21Cl2N3O2/c1-15-10-19(16(2)30(15)20-8-9-22(26)23(27)13-20)14-28-29-25(31)21-11-17-6-4-5-7-18(17)12-24(21)32-3/h4-14H,1-3H3,(H,29,31)/b28-14+. The molecule has 4 rings (SSSR count). The molecule has 1 heterocycles. The number of hydrogen-bond donors (Lipinski definition) is 1. The molecule has 1 aromatic heterocycles. The van der Waals surface area contributed by atoms with E-state index in [0.717, 1.165) is 33.4 Å². The number of carbonyl (C=O) groups is 1. The van der Waals surface area contributed by atoms with E-state index in [1.807, 2.05) is 62.4 Å². The van der Waals surface area contributed by atoms with Gasteiger partial charge in [-0.25, -0.2) is 5.43 Å². The maximum atomic E-state index is 12.8. The van der Waals surface area contributed by atoms with E-state index in [9.17, 15) is 4.79 Å². The summed E-state index contributed by atoms with van der Waals surface area (Å²) in [5, 5.41) is 7.12. The lowest BCUT2D eigenvalue weighted by Gasteiger charge is -2.10. The first kappa shape index (κ1) is 21.9. The molecule has 0 aliphatic carbocycles. The Kier molecular flexibility index (Phi) is 6.21. The zero-order chi connectivity index (χ0) is 22.8. The molecule has 0 bridgehead atoms. The second kappa shape index (κ2) is 9.07. The Balaban J connectivity index is 1.58. The van der Waals surface area contributed by atoms with Gasteiger partial charge in [-0.3, -0.25) is 4.79 Å². The quantitative estimate of drug-likeness (QED) is 0.276. The number of hydrogen-bond acceptors (Lipinski definition) is 3. The minimum Gasteiger partial charge on any atom is -0.496 e. The number of fused-ring (bicyclic) bond motifs is 1. The monoisotopic (exact) mass is 465 g/mol. The van der Waals surface area contributed by atoms with Crippen LogP contribution in [0.3, 0.4) is 0 Å². The van der Waals surface area contributed by atoms with Crippen molar-refractivity contribution in [2.75, 3.05) is 7.11 Å². The third-order valence-electron chi connectivity index (χ3n) is 5.31. The Morgan fingerprint density at radius 2 is 1.72 bits per heavy atom. The highest BCUT2D eigenvalue weighted by Crippen LogP contribution is 2.28. The molecule has 0 radical (unpaired) electrons. The smallest absolute Gasteiger partial charge is 0.275 e. The summed E-state index contributed by atoms with van der Waals surface area (Å²) in [5.74, 6) is 0.149. The number of rotatable bonds is 5. The molecular formula is C25H21Cl2N3O2. The SMILES string of the molecule is COc1cc2ccccc2cc1C(=O)N/N=C/c1cc(C)n(-c2ccc(Cl)c(Cl)c2)c1C. The minimum atomic E-state index is -0.345. The molecule has 32 heavy (non-hydrogen) atoms. The van der Waals surface area contributed by atoms with E-state index in [1.54, 1.807) is 25.5 Å². The third-order valence-corrected chi connectivity index (χ3v) is 6.05. The number of halogens is 2. The van der Waals surface area contributed by atoms with E-state index in [4.69, 9.17) is 27.9 Å². The zero-order valence-electron chi connectivity index (χ0n) is 17.8. The van der Waals surface area contributed by atoms with Crippen LogP contribution in [0, 0.1) is 13.8 Å². The van der Waals surface area contributed by atoms with Gasteiger partial charge in [0.2, 0.25) is 0 Å². The van der Waals surface area contributed by atoms with Crippen molar-refractivity contribution < 1.29 is 9.53 Å². The fraction of sp³-hybridized carbons (Fsp3) is 0.120. The third kappa shape index (κ3) is 4.22. The molecule has 0 aliphatic rings. The van der Waals surface area contributed by atoms with E-state index in [2.05, 4.69) is 15.1 Å². The van der Waals surface area contributed by atoms with E-state index in [0.29, 0.717) is 21.4 Å². The predicted octanol–water partition coefficient (Wildman–Crippen LogP) is 6.33. The number of aryl methyl sites for hydroxylation is 1. The highest BCUT2D eigenvalue weighted by atomic mass is 35.5. The summed E-state index contributed by atoms with van der Waals surface area (Å²) in [6, 6.07) is 18.9. The van der Waals surface area contributed by atoms with Crippen LogP contribution >= 0.6 is 23.2 Å². The summed E-state index contributed by atoms with van der Waals surface area (Å²) < 4.78 is 7.46. The van der Waals surface area contributed by atoms with Crippen LogP contribution in [0.1, 0.15) is 27.3 Å². The highest BCUT2D eigenvalue weighted by molar-refractivity contribution is 6.42. The molecule has 0 spiro atoms.